The average Bonchev–Trinajstić information content (AvgIpc) is 2.73. The van der Waals surface area contributed by atoms with Crippen molar-refractivity contribution in [2.24, 2.45) is 0 Å². The van der Waals surface area contributed by atoms with Crippen molar-refractivity contribution in [1.82, 2.24) is 5.32 Å². The molecule has 0 radical (unpaired) electrons. The van der Waals surface area contributed by atoms with Crippen molar-refractivity contribution in [3.63, 3.8) is 0 Å². The number of carbonyl (C=O) groups excluding carboxylic acids is 1. The van der Waals surface area contributed by atoms with Gasteiger partial charge in [-0.05, 0) is 60.2 Å². The van der Waals surface area contributed by atoms with E-state index in [-0.39, 0.29) is 27.7 Å². The maximum absolute atomic E-state index is 13.1. The maximum atomic E-state index is 13.1. The molecule has 3 aromatic rings. The number of halogens is 3. The first kappa shape index (κ1) is 21.7. The lowest BCUT2D eigenvalue weighted by molar-refractivity contribution is 0.0951. The lowest BCUT2D eigenvalue weighted by Crippen LogP contribution is -2.27. The van der Waals surface area contributed by atoms with Gasteiger partial charge in [-0.3, -0.25) is 9.10 Å². The van der Waals surface area contributed by atoms with Gasteiger partial charge in [0.1, 0.15) is 11.6 Å². The summed E-state index contributed by atoms with van der Waals surface area (Å²) in [5.74, 6) is -1.46. The van der Waals surface area contributed by atoms with E-state index in [0.29, 0.717) is 5.56 Å². The Labute approximate surface area is 178 Å². The zero-order chi connectivity index (χ0) is 21.9. The number of amides is 1. The normalized spacial score (nSPS) is 11.2. The molecule has 3 aromatic carbocycles. The summed E-state index contributed by atoms with van der Waals surface area (Å²) in [7, 11) is -2.69. The van der Waals surface area contributed by atoms with Gasteiger partial charge in [0.05, 0.1) is 21.2 Å². The summed E-state index contributed by atoms with van der Waals surface area (Å²) in [6.07, 6.45) is 0. The number of nitrogens with zero attached hydrogens (tertiary/aromatic N) is 1. The van der Waals surface area contributed by atoms with Crippen LogP contribution in [0.5, 0.6) is 0 Å². The van der Waals surface area contributed by atoms with E-state index < -0.39 is 27.6 Å². The second-order valence-corrected chi connectivity index (χ2v) is 8.78. The standard InChI is InChI=1S/C21H17ClF2N2O3S/c1-26(17-8-6-16(24)7-9-17)30(28,29)18-10-11-20(22)19(12-18)21(27)25-13-14-2-4-15(23)5-3-14/h2-12H,13H2,1H3,(H,25,27). The molecule has 0 aliphatic heterocycles. The van der Waals surface area contributed by atoms with Gasteiger partial charge in [-0.2, -0.15) is 0 Å². The molecular weight excluding hydrogens is 434 g/mol. The minimum absolute atomic E-state index is 0.0210. The number of anilines is 1. The van der Waals surface area contributed by atoms with E-state index in [2.05, 4.69) is 5.32 Å². The van der Waals surface area contributed by atoms with Crippen LogP contribution in [0.3, 0.4) is 0 Å². The van der Waals surface area contributed by atoms with E-state index in [9.17, 15) is 22.0 Å². The highest BCUT2D eigenvalue weighted by Crippen LogP contribution is 2.26. The molecule has 0 atom stereocenters. The van der Waals surface area contributed by atoms with Gasteiger partial charge in [-0.25, -0.2) is 17.2 Å². The predicted molar refractivity (Wildman–Crippen MR) is 111 cm³/mol. The second kappa shape index (κ2) is 8.81. The van der Waals surface area contributed by atoms with Crippen LogP contribution in [0.4, 0.5) is 14.5 Å². The number of benzene rings is 3. The van der Waals surface area contributed by atoms with Crippen molar-refractivity contribution in [3.8, 4) is 0 Å². The topological polar surface area (TPSA) is 66.5 Å². The second-order valence-electron chi connectivity index (χ2n) is 6.40. The van der Waals surface area contributed by atoms with Gasteiger partial charge in [-0.15, -0.1) is 0 Å². The molecule has 156 valence electrons. The minimum atomic E-state index is -4.02. The summed E-state index contributed by atoms with van der Waals surface area (Å²) in [6, 6.07) is 14.3. The molecule has 1 amide bonds. The third-order valence-corrected chi connectivity index (χ3v) is 6.51. The molecule has 0 aliphatic rings. The van der Waals surface area contributed by atoms with E-state index >= 15 is 0 Å². The number of sulfonamides is 1. The Hall–Kier alpha value is -2.97. The minimum Gasteiger partial charge on any atom is -0.348 e. The van der Waals surface area contributed by atoms with Crippen molar-refractivity contribution in [2.75, 3.05) is 11.4 Å². The molecule has 0 spiro atoms. The Morgan fingerprint density at radius 3 is 2.13 bits per heavy atom. The van der Waals surface area contributed by atoms with Crippen LogP contribution in [-0.4, -0.2) is 21.4 Å². The molecular formula is C21H17ClF2N2O3S. The van der Waals surface area contributed by atoms with E-state index in [1.165, 1.54) is 61.6 Å². The van der Waals surface area contributed by atoms with Crippen LogP contribution in [0.2, 0.25) is 5.02 Å². The summed E-state index contributed by atoms with van der Waals surface area (Å²) in [5.41, 5.74) is 0.904. The van der Waals surface area contributed by atoms with Crippen LogP contribution in [0.15, 0.2) is 71.6 Å². The van der Waals surface area contributed by atoms with Gasteiger partial charge >= 0.3 is 0 Å². The Bertz CT molecular complexity index is 1170. The fourth-order valence-electron chi connectivity index (χ4n) is 2.67. The molecule has 30 heavy (non-hydrogen) atoms. The number of hydrogen-bond donors (Lipinski definition) is 1. The number of carbonyl (C=O) groups is 1. The van der Waals surface area contributed by atoms with Crippen molar-refractivity contribution in [1.29, 1.82) is 0 Å². The smallest absolute Gasteiger partial charge is 0.264 e. The molecule has 0 saturated heterocycles. The SMILES string of the molecule is CN(c1ccc(F)cc1)S(=O)(=O)c1ccc(Cl)c(C(=O)NCc2ccc(F)cc2)c1. The molecule has 0 unspecified atom stereocenters. The summed E-state index contributed by atoms with van der Waals surface area (Å²) in [5, 5.41) is 2.70. The summed E-state index contributed by atoms with van der Waals surface area (Å²) < 4.78 is 53.0. The van der Waals surface area contributed by atoms with E-state index in [4.69, 9.17) is 11.6 Å². The maximum Gasteiger partial charge on any atom is 0.264 e. The van der Waals surface area contributed by atoms with Crippen LogP contribution >= 0.6 is 11.6 Å². The van der Waals surface area contributed by atoms with Gasteiger partial charge in [0, 0.05) is 13.6 Å². The first-order valence-corrected chi connectivity index (χ1v) is 10.6. The van der Waals surface area contributed by atoms with E-state index in [1.54, 1.807) is 0 Å². The third kappa shape index (κ3) is 4.77. The Kier molecular flexibility index (Phi) is 6.38. The highest BCUT2D eigenvalue weighted by atomic mass is 35.5. The zero-order valence-electron chi connectivity index (χ0n) is 15.8. The molecule has 1 N–H and O–H groups in total. The van der Waals surface area contributed by atoms with Gasteiger partial charge < -0.3 is 5.32 Å². The first-order valence-electron chi connectivity index (χ1n) is 8.75. The van der Waals surface area contributed by atoms with Gasteiger partial charge in [0.2, 0.25) is 0 Å². The largest absolute Gasteiger partial charge is 0.348 e. The molecule has 0 saturated carbocycles. The van der Waals surface area contributed by atoms with Crippen LogP contribution in [0, 0.1) is 11.6 Å². The fraction of sp³-hybridized carbons (Fsp3) is 0.0952. The molecule has 0 heterocycles. The zero-order valence-corrected chi connectivity index (χ0v) is 17.3. The van der Waals surface area contributed by atoms with E-state index in [1.807, 2.05) is 0 Å². The van der Waals surface area contributed by atoms with Crippen molar-refractivity contribution in [2.45, 2.75) is 11.4 Å². The molecule has 3 rings (SSSR count). The quantitative estimate of drug-likeness (QED) is 0.606. The van der Waals surface area contributed by atoms with Crippen LogP contribution in [0.25, 0.3) is 0 Å². The molecule has 0 aliphatic carbocycles. The van der Waals surface area contributed by atoms with E-state index in [0.717, 1.165) is 16.4 Å². The van der Waals surface area contributed by atoms with Crippen LogP contribution in [0.1, 0.15) is 15.9 Å². The Morgan fingerprint density at radius 1 is 0.967 bits per heavy atom. The highest BCUT2D eigenvalue weighted by Gasteiger charge is 2.24. The molecule has 0 fully saturated rings. The molecule has 9 heteroatoms. The lowest BCUT2D eigenvalue weighted by atomic mass is 10.2. The van der Waals surface area contributed by atoms with Crippen LogP contribution in [-0.2, 0) is 16.6 Å². The fourth-order valence-corrected chi connectivity index (χ4v) is 4.09. The number of hydrogen-bond acceptors (Lipinski definition) is 3. The van der Waals surface area contributed by atoms with Gasteiger partial charge in [-0.1, -0.05) is 23.7 Å². The third-order valence-electron chi connectivity index (χ3n) is 4.40. The van der Waals surface area contributed by atoms with Crippen LogP contribution < -0.4 is 9.62 Å². The molecule has 0 bridgehead atoms. The Balaban J connectivity index is 1.83. The monoisotopic (exact) mass is 450 g/mol. The average molecular weight is 451 g/mol. The van der Waals surface area contributed by atoms with Gasteiger partial charge in [0.15, 0.2) is 0 Å². The predicted octanol–water partition coefficient (Wildman–Crippen LogP) is 4.37. The lowest BCUT2D eigenvalue weighted by Gasteiger charge is -2.20. The Morgan fingerprint density at radius 2 is 1.53 bits per heavy atom. The van der Waals surface area contributed by atoms with Gasteiger partial charge in [0.25, 0.3) is 15.9 Å². The summed E-state index contributed by atoms with van der Waals surface area (Å²) in [4.78, 5) is 12.4. The van der Waals surface area contributed by atoms with Crippen molar-refractivity contribution in [3.05, 3.63) is 94.5 Å². The number of nitrogens with one attached hydrogen (secondary N) is 1. The summed E-state index contributed by atoms with van der Waals surface area (Å²) >= 11 is 6.10. The van der Waals surface area contributed by atoms with Crippen molar-refractivity contribution >= 4 is 33.2 Å². The number of rotatable bonds is 6. The summed E-state index contributed by atoms with van der Waals surface area (Å²) in [6.45, 7) is 0.113. The molecule has 5 nitrogen and oxygen atoms in total. The first-order chi connectivity index (χ1) is 14.2. The molecule has 0 aromatic heterocycles. The highest BCUT2D eigenvalue weighted by molar-refractivity contribution is 7.92. The van der Waals surface area contributed by atoms with Crippen molar-refractivity contribution < 1.29 is 22.0 Å².